The Balaban J connectivity index is 1.55. The monoisotopic (exact) mass is 494 g/mol. The van der Waals surface area contributed by atoms with Crippen LogP contribution in [0.15, 0.2) is 46.2 Å². The predicted molar refractivity (Wildman–Crippen MR) is 136 cm³/mol. The van der Waals surface area contributed by atoms with Gasteiger partial charge in [-0.25, -0.2) is 4.98 Å². The fourth-order valence-corrected chi connectivity index (χ4v) is 5.15. The van der Waals surface area contributed by atoms with E-state index in [0.29, 0.717) is 50.8 Å². The lowest BCUT2D eigenvalue weighted by molar-refractivity contribution is -0.122. The molecule has 8 nitrogen and oxygen atoms in total. The number of nitrogens with one attached hydrogen (secondary N) is 1. The van der Waals surface area contributed by atoms with Crippen molar-refractivity contribution in [3.8, 4) is 11.5 Å². The second kappa shape index (κ2) is 9.11. The van der Waals surface area contributed by atoms with Crippen molar-refractivity contribution in [3.05, 3.63) is 68.5 Å². The Hall–Kier alpha value is -3.37. The van der Waals surface area contributed by atoms with Crippen LogP contribution in [-0.4, -0.2) is 37.8 Å². The summed E-state index contributed by atoms with van der Waals surface area (Å²) in [4.78, 5) is 33.1. The highest BCUT2D eigenvalue weighted by Crippen LogP contribution is 2.34. The number of benzene rings is 1. The number of nitrogens with zero attached hydrogens (tertiary/aromatic N) is 3. The molecule has 0 saturated carbocycles. The topological polar surface area (TPSA) is 85.2 Å². The molecule has 3 aromatic rings. The van der Waals surface area contributed by atoms with Gasteiger partial charge in [-0.2, -0.15) is 0 Å². The summed E-state index contributed by atoms with van der Waals surface area (Å²) in [5.41, 5.74) is 2.41. The first-order valence-electron chi connectivity index (χ1n) is 10.9. The van der Waals surface area contributed by atoms with E-state index in [1.165, 1.54) is 16.2 Å². The van der Waals surface area contributed by atoms with Crippen LogP contribution in [-0.2, 0) is 11.3 Å². The van der Waals surface area contributed by atoms with E-state index in [4.69, 9.17) is 26.7 Å². The largest absolute Gasteiger partial charge is 0.454 e. The molecule has 0 radical (unpaired) electrons. The maximum absolute atomic E-state index is 13.5. The Morgan fingerprint density at radius 1 is 1.24 bits per heavy atom. The summed E-state index contributed by atoms with van der Waals surface area (Å²) in [6.07, 6.45) is 4.07. The summed E-state index contributed by atoms with van der Waals surface area (Å²) >= 11 is 6.59. The van der Waals surface area contributed by atoms with Crippen LogP contribution in [0.25, 0.3) is 11.7 Å². The van der Waals surface area contributed by atoms with Gasteiger partial charge in [-0.05, 0) is 48.7 Å². The maximum Gasteiger partial charge on any atom is 0.267 e. The average molecular weight is 495 g/mol. The van der Waals surface area contributed by atoms with Crippen LogP contribution in [0.4, 0.5) is 5.82 Å². The zero-order valence-electron chi connectivity index (χ0n) is 18.7. The van der Waals surface area contributed by atoms with E-state index in [2.05, 4.69) is 5.32 Å². The SMILES string of the molecule is CCCN1C(=O)/C(=C\c2c(NCc3ccc4c(c3)OCO4)nc3c(C)cccn3c2=O)SC1=S. The van der Waals surface area contributed by atoms with Crippen molar-refractivity contribution in [3.63, 3.8) is 0 Å². The molecule has 174 valence electrons. The zero-order valence-corrected chi connectivity index (χ0v) is 20.3. The molecule has 1 N–H and O–H groups in total. The van der Waals surface area contributed by atoms with Gasteiger partial charge in [0, 0.05) is 19.3 Å². The predicted octanol–water partition coefficient (Wildman–Crippen LogP) is 3.95. The molecule has 0 spiro atoms. The highest BCUT2D eigenvalue weighted by atomic mass is 32.2. The van der Waals surface area contributed by atoms with Gasteiger partial charge in [0.2, 0.25) is 6.79 Å². The highest BCUT2D eigenvalue weighted by molar-refractivity contribution is 8.26. The number of thioether (sulfide) groups is 1. The van der Waals surface area contributed by atoms with Crippen LogP contribution >= 0.6 is 24.0 Å². The molecule has 2 aliphatic heterocycles. The molecule has 10 heteroatoms. The minimum atomic E-state index is -0.261. The lowest BCUT2D eigenvalue weighted by atomic mass is 10.2. The molecule has 34 heavy (non-hydrogen) atoms. The van der Waals surface area contributed by atoms with Crippen molar-refractivity contribution in [2.24, 2.45) is 0 Å². The van der Waals surface area contributed by atoms with E-state index in [1.54, 1.807) is 23.2 Å². The van der Waals surface area contributed by atoms with Gasteiger partial charge < -0.3 is 14.8 Å². The summed E-state index contributed by atoms with van der Waals surface area (Å²) in [6, 6.07) is 9.37. The minimum Gasteiger partial charge on any atom is -0.454 e. The molecule has 5 rings (SSSR count). The highest BCUT2D eigenvalue weighted by Gasteiger charge is 2.32. The molecule has 1 aromatic carbocycles. The summed E-state index contributed by atoms with van der Waals surface area (Å²) in [5, 5.41) is 3.28. The third kappa shape index (κ3) is 4.03. The smallest absolute Gasteiger partial charge is 0.267 e. The maximum atomic E-state index is 13.5. The van der Waals surface area contributed by atoms with E-state index in [9.17, 15) is 9.59 Å². The van der Waals surface area contributed by atoms with Crippen LogP contribution < -0.4 is 20.3 Å². The molecule has 0 bridgehead atoms. The number of thiocarbonyl (C=S) groups is 1. The number of hydrogen-bond acceptors (Lipinski definition) is 8. The van der Waals surface area contributed by atoms with E-state index in [0.717, 1.165) is 17.5 Å². The number of carbonyl (C=O) groups is 1. The number of pyridine rings is 1. The Labute approximate surface area is 205 Å². The summed E-state index contributed by atoms with van der Waals surface area (Å²) in [7, 11) is 0. The Bertz CT molecular complexity index is 1420. The third-order valence-electron chi connectivity index (χ3n) is 5.58. The van der Waals surface area contributed by atoms with Crippen LogP contribution in [0, 0.1) is 6.92 Å². The normalized spacial score (nSPS) is 16.2. The van der Waals surface area contributed by atoms with Gasteiger partial charge in [-0.1, -0.05) is 43.0 Å². The van der Waals surface area contributed by atoms with Crippen molar-refractivity contribution in [2.75, 3.05) is 18.7 Å². The molecule has 1 saturated heterocycles. The van der Waals surface area contributed by atoms with Crippen LogP contribution in [0.2, 0.25) is 0 Å². The van der Waals surface area contributed by atoms with Crippen LogP contribution in [0.1, 0.15) is 30.0 Å². The Morgan fingerprint density at radius 3 is 2.88 bits per heavy atom. The number of hydrogen-bond donors (Lipinski definition) is 1. The van der Waals surface area contributed by atoms with E-state index >= 15 is 0 Å². The fraction of sp³-hybridized carbons (Fsp3) is 0.250. The number of amides is 1. The number of ether oxygens (including phenoxy) is 2. The first kappa shape index (κ1) is 22.4. The second-order valence-corrected chi connectivity index (χ2v) is 9.61. The summed E-state index contributed by atoms with van der Waals surface area (Å²) in [6.45, 7) is 5.05. The van der Waals surface area contributed by atoms with Gasteiger partial charge in [0.05, 0.1) is 10.5 Å². The van der Waals surface area contributed by atoms with Crippen molar-refractivity contribution in [1.82, 2.24) is 14.3 Å². The quantitative estimate of drug-likeness (QED) is 0.407. The lowest BCUT2D eigenvalue weighted by Crippen LogP contribution is -2.28. The van der Waals surface area contributed by atoms with Gasteiger partial charge in [-0.15, -0.1) is 0 Å². The van der Waals surface area contributed by atoms with E-state index in [-0.39, 0.29) is 18.3 Å². The first-order valence-corrected chi connectivity index (χ1v) is 12.1. The molecule has 4 heterocycles. The molecule has 0 unspecified atom stereocenters. The number of rotatable bonds is 6. The van der Waals surface area contributed by atoms with Crippen molar-refractivity contribution >= 4 is 51.7 Å². The fourth-order valence-electron chi connectivity index (χ4n) is 3.86. The van der Waals surface area contributed by atoms with Gasteiger partial charge in [0.1, 0.15) is 15.8 Å². The molecule has 2 aromatic heterocycles. The number of aryl methyl sites for hydroxylation is 1. The molecular weight excluding hydrogens is 472 g/mol. The summed E-state index contributed by atoms with van der Waals surface area (Å²) in [5.74, 6) is 1.60. The first-order chi connectivity index (χ1) is 16.5. The van der Waals surface area contributed by atoms with Crippen molar-refractivity contribution in [2.45, 2.75) is 26.8 Å². The number of aromatic nitrogens is 2. The molecular formula is C24H22N4O4S2. The molecule has 1 fully saturated rings. The van der Waals surface area contributed by atoms with E-state index in [1.807, 2.05) is 38.1 Å². The number of carbonyl (C=O) groups excluding carboxylic acids is 1. The standard InChI is InChI=1S/C24H22N4O4S2/c1-3-8-28-23(30)19(34-24(28)33)11-16-20(26-21-14(2)5-4-9-27(21)22(16)29)25-12-15-6-7-17-18(10-15)32-13-31-17/h4-7,9-11,25H,3,8,12-13H2,1-2H3/b19-11+. The third-order valence-corrected chi connectivity index (χ3v) is 6.96. The molecule has 1 amide bonds. The second-order valence-electron chi connectivity index (χ2n) is 7.94. The molecule has 2 aliphatic rings. The van der Waals surface area contributed by atoms with Crippen LogP contribution in [0.3, 0.4) is 0 Å². The van der Waals surface area contributed by atoms with Crippen LogP contribution in [0.5, 0.6) is 11.5 Å². The number of fused-ring (bicyclic) bond motifs is 2. The average Bonchev–Trinajstić information content (AvgIpc) is 3.40. The van der Waals surface area contributed by atoms with Crippen molar-refractivity contribution < 1.29 is 14.3 Å². The molecule has 0 aliphatic carbocycles. The van der Waals surface area contributed by atoms with Gasteiger partial charge >= 0.3 is 0 Å². The van der Waals surface area contributed by atoms with E-state index < -0.39 is 0 Å². The lowest BCUT2D eigenvalue weighted by Gasteiger charge is -2.13. The van der Waals surface area contributed by atoms with Gasteiger partial charge in [-0.3, -0.25) is 18.9 Å². The summed E-state index contributed by atoms with van der Waals surface area (Å²) < 4.78 is 12.8. The minimum absolute atomic E-state index is 0.188. The molecule has 0 atom stereocenters. The van der Waals surface area contributed by atoms with Gasteiger partial charge in [0.15, 0.2) is 11.5 Å². The Morgan fingerprint density at radius 2 is 2.06 bits per heavy atom. The van der Waals surface area contributed by atoms with Gasteiger partial charge in [0.25, 0.3) is 11.5 Å². The van der Waals surface area contributed by atoms with Crippen molar-refractivity contribution in [1.29, 1.82) is 0 Å². The number of anilines is 1. The Kier molecular flexibility index (Phi) is 6.01. The zero-order chi connectivity index (χ0) is 23.8.